The molecule has 0 aliphatic rings. The van der Waals surface area contributed by atoms with Gasteiger partial charge in [-0.3, -0.25) is 0 Å². The van der Waals surface area contributed by atoms with E-state index in [2.05, 4.69) is 67.7 Å². The molecule has 2 heteroatoms. The van der Waals surface area contributed by atoms with Crippen LogP contribution in [-0.4, -0.2) is 13.3 Å². The van der Waals surface area contributed by atoms with Crippen molar-refractivity contribution in [3.8, 4) is 11.1 Å². The number of nitrogens with one attached hydrogen (secondary N) is 1. The van der Waals surface area contributed by atoms with Crippen LogP contribution in [-0.2, 0) is 4.74 Å². The number of hydrogen-bond donors (Lipinski definition) is 1. The molecule has 0 aliphatic heterocycles. The first kappa shape index (κ1) is 16.6. The van der Waals surface area contributed by atoms with E-state index in [0.29, 0.717) is 6.73 Å². The Morgan fingerprint density at radius 2 is 1.68 bits per heavy atom. The summed E-state index contributed by atoms with van der Waals surface area (Å²) in [7, 11) is 0. The third kappa shape index (κ3) is 5.53. The Morgan fingerprint density at radius 3 is 2.45 bits per heavy atom. The Hall–Kier alpha value is -1.80. The molecular weight excluding hydrogens is 270 g/mol. The van der Waals surface area contributed by atoms with Crippen LogP contribution in [0.5, 0.6) is 0 Å². The molecule has 0 spiro atoms. The van der Waals surface area contributed by atoms with Crippen LogP contribution in [0.25, 0.3) is 11.1 Å². The predicted molar refractivity (Wildman–Crippen MR) is 95.2 cm³/mol. The second-order valence-corrected chi connectivity index (χ2v) is 5.74. The lowest BCUT2D eigenvalue weighted by Crippen LogP contribution is -2.07. The zero-order chi connectivity index (χ0) is 15.6. The Balaban J connectivity index is 1.82. The molecule has 118 valence electrons. The van der Waals surface area contributed by atoms with Gasteiger partial charge >= 0.3 is 0 Å². The van der Waals surface area contributed by atoms with Gasteiger partial charge < -0.3 is 10.1 Å². The average Bonchev–Trinajstić information content (AvgIpc) is 2.54. The number of hydrogen-bond acceptors (Lipinski definition) is 2. The molecule has 0 saturated carbocycles. The molecule has 0 aliphatic carbocycles. The van der Waals surface area contributed by atoms with Gasteiger partial charge in [0, 0.05) is 12.3 Å². The maximum Gasteiger partial charge on any atom is 0.116 e. The second kappa shape index (κ2) is 9.26. The van der Waals surface area contributed by atoms with Crippen molar-refractivity contribution in [2.24, 2.45) is 0 Å². The molecule has 1 N–H and O–H groups in total. The summed E-state index contributed by atoms with van der Waals surface area (Å²) in [5, 5.41) is 3.34. The van der Waals surface area contributed by atoms with Gasteiger partial charge in [-0.25, -0.2) is 0 Å². The number of benzene rings is 2. The van der Waals surface area contributed by atoms with Crippen molar-refractivity contribution in [1.29, 1.82) is 0 Å². The maximum atomic E-state index is 5.64. The third-order valence-corrected chi connectivity index (χ3v) is 3.73. The highest BCUT2D eigenvalue weighted by atomic mass is 16.5. The van der Waals surface area contributed by atoms with E-state index >= 15 is 0 Å². The van der Waals surface area contributed by atoms with Crippen LogP contribution in [0.2, 0.25) is 0 Å². The molecule has 0 fully saturated rings. The first-order valence-corrected chi connectivity index (χ1v) is 8.28. The SMILES string of the molecule is CCCCCCOCNc1cccc(-c2cccc(C)c2)c1. The summed E-state index contributed by atoms with van der Waals surface area (Å²) in [5.41, 5.74) is 4.87. The van der Waals surface area contributed by atoms with Gasteiger partial charge in [0.1, 0.15) is 6.73 Å². The monoisotopic (exact) mass is 297 g/mol. The Labute approximate surface area is 134 Å². The van der Waals surface area contributed by atoms with Gasteiger partial charge in [-0.1, -0.05) is 68.1 Å². The van der Waals surface area contributed by atoms with Crippen molar-refractivity contribution in [2.45, 2.75) is 39.5 Å². The van der Waals surface area contributed by atoms with Gasteiger partial charge in [-0.05, 0) is 36.6 Å². The van der Waals surface area contributed by atoms with Crippen LogP contribution in [0.3, 0.4) is 0 Å². The minimum atomic E-state index is 0.573. The average molecular weight is 297 g/mol. The lowest BCUT2D eigenvalue weighted by molar-refractivity contribution is 0.147. The summed E-state index contributed by atoms with van der Waals surface area (Å²) in [5.74, 6) is 0. The second-order valence-electron chi connectivity index (χ2n) is 5.74. The molecule has 2 aromatic carbocycles. The predicted octanol–water partition coefficient (Wildman–Crippen LogP) is 5.63. The van der Waals surface area contributed by atoms with Crippen LogP contribution >= 0.6 is 0 Å². The Morgan fingerprint density at radius 1 is 0.909 bits per heavy atom. The summed E-state index contributed by atoms with van der Waals surface area (Å²) in [6, 6.07) is 17.1. The van der Waals surface area contributed by atoms with Gasteiger partial charge in [-0.15, -0.1) is 0 Å². The molecule has 2 aromatic rings. The van der Waals surface area contributed by atoms with E-state index in [1.807, 2.05) is 0 Å². The van der Waals surface area contributed by atoms with Crippen LogP contribution in [0.15, 0.2) is 48.5 Å². The highest BCUT2D eigenvalue weighted by Gasteiger charge is 1.99. The molecule has 0 unspecified atom stereocenters. The fourth-order valence-corrected chi connectivity index (χ4v) is 2.47. The van der Waals surface area contributed by atoms with Crippen molar-refractivity contribution < 1.29 is 4.74 Å². The molecule has 2 nitrogen and oxygen atoms in total. The topological polar surface area (TPSA) is 21.3 Å². The van der Waals surface area contributed by atoms with Crippen molar-refractivity contribution in [3.63, 3.8) is 0 Å². The van der Waals surface area contributed by atoms with E-state index in [9.17, 15) is 0 Å². The number of rotatable bonds is 9. The first-order valence-electron chi connectivity index (χ1n) is 8.28. The highest BCUT2D eigenvalue weighted by molar-refractivity contribution is 5.68. The van der Waals surface area contributed by atoms with E-state index in [-0.39, 0.29) is 0 Å². The quantitative estimate of drug-likeness (QED) is 0.478. The molecule has 22 heavy (non-hydrogen) atoms. The summed E-state index contributed by atoms with van der Waals surface area (Å²) in [6.07, 6.45) is 4.98. The van der Waals surface area contributed by atoms with Crippen LogP contribution in [0.4, 0.5) is 5.69 Å². The maximum absolute atomic E-state index is 5.64. The third-order valence-electron chi connectivity index (χ3n) is 3.73. The van der Waals surface area contributed by atoms with E-state index in [0.717, 1.165) is 18.7 Å². The zero-order valence-electron chi connectivity index (χ0n) is 13.8. The van der Waals surface area contributed by atoms with E-state index in [4.69, 9.17) is 4.74 Å². The summed E-state index contributed by atoms with van der Waals surface area (Å²) in [4.78, 5) is 0. The standard InChI is InChI=1S/C20H27NO/c1-3-4-5-6-13-22-16-21-20-12-8-11-19(15-20)18-10-7-9-17(2)14-18/h7-12,14-15,21H,3-6,13,16H2,1-2H3. The molecule has 2 rings (SSSR count). The molecule has 0 aromatic heterocycles. The van der Waals surface area contributed by atoms with Crippen LogP contribution < -0.4 is 5.32 Å². The van der Waals surface area contributed by atoms with Crippen molar-refractivity contribution in [2.75, 3.05) is 18.7 Å². The number of anilines is 1. The van der Waals surface area contributed by atoms with E-state index in [1.165, 1.54) is 36.0 Å². The Kier molecular flexibility index (Phi) is 6.98. The number of unbranched alkanes of at least 4 members (excludes halogenated alkanes) is 3. The summed E-state index contributed by atoms with van der Waals surface area (Å²) >= 11 is 0. The molecule has 0 saturated heterocycles. The molecule has 0 amide bonds. The molecule has 0 atom stereocenters. The van der Waals surface area contributed by atoms with E-state index in [1.54, 1.807) is 0 Å². The molecule has 0 radical (unpaired) electrons. The minimum Gasteiger partial charge on any atom is -0.363 e. The van der Waals surface area contributed by atoms with Gasteiger partial charge in [0.05, 0.1) is 0 Å². The molecule has 0 heterocycles. The van der Waals surface area contributed by atoms with E-state index < -0.39 is 0 Å². The van der Waals surface area contributed by atoms with Crippen molar-refractivity contribution >= 4 is 5.69 Å². The number of aryl methyl sites for hydroxylation is 1. The largest absolute Gasteiger partial charge is 0.363 e. The zero-order valence-corrected chi connectivity index (χ0v) is 13.8. The smallest absolute Gasteiger partial charge is 0.116 e. The Bertz CT molecular complexity index is 565. The van der Waals surface area contributed by atoms with Gasteiger partial charge in [0.15, 0.2) is 0 Å². The van der Waals surface area contributed by atoms with Crippen molar-refractivity contribution in [1.82, 2.24) is 0 Å². The van der Waals surface area contributed by atoms with Crippen molar-refractivity contribution in [3.05, 3.63) is 54.1 Å². The van der Waals surface area contributed by atoms with Gasteiger partial charge in [-0.2, -0.15) is 0 Å². The molecular formula is C20H27NO. The fourth-order valence-electron chi connectivity index (χ4n) is 2.47. The van der Waals surface area contributed by atoms with Gasteiger partial charge in [0.25, 0.3) is 0 Å². The van der Waals surface area contributed by atoms with Crippen LogP contribution in [0, 0.1) is 6.92 Å². The highest BCUT2D eigenvalue weighted by Crippen LogP contribution is 2.23. The summed E-state index contributed by atoms with van der Waals surface area (Å²) < 4.78 is 5.64. The molecule has 0 bridgehead atoms. The minimum absolute atomic E-state index is 0.573. The number of ether oxygens (including phenoxy) is 1. The summed E-state index contributed by atoms with van der Waals surface area (Å²) in [6.45, 7) is 5.76. The van der Waals surface area contributed by atoms with Crippen LogP contribution in [0.1, 0.15) is 38.2 Å². The lowest BCUT2D eigenvalue weighted by atomic mass is 10.0. The lowest BCUT2D eigenvalue weighted by Gasteiger charge is -2.10. The first-order chi connectivity index (χ1) is 10.8. The van der Waals surface area contributed by atoms with Gasteiger partial charge in [0.2, 0.25) is 0 Å². The normalized spacial score (nSPS) is 10.6. The fraction of sp³-hybridized carbons (Fsp3) is 0.400.